The molecule has 0 amide bonds. The predicted molar refractivity (Wildman–Crippen MR) is 85.1 cm³/mol. The zero-order chi connectivity index (χ0) is 14.7. The Balaban J connectivity index is 2.20. The number of fused-ring (bicyclic) bond motifs is 1. The normalized spacial score (nSPS) is 11.2. The zero-order valence-electron chi connectivity index (χ0n) is 12.7. The summed E-state index contributed by atoms with van der Waals surface area (Å²) in [4.78, 5) is 13.5. The van der Waals surface area contributed by atoms with Crippen molar-refractivity contribution >= 4 is 22.5 Å². The standard InChI is InChI=1S/C15H23N5/c1-11-13-10-12(16)6-7-14(13)18-15(17-11)20(4)9-5-8-19(2)3/h6-7,10H,5,8-9,16H2,1-4H3. The number of nitrogen functional groups attached to an aromatic ring is 1. The third-order valence-corrected chi connectivity index (χ3v) is 3.34. The number of hydrogen-bond acceptors (Lipinski definition) is 5. The van der Waals surface area contributed by atoms with Gasteiger partial charge in [-0.2, -0.15) is 0 Å². The van der Waals surface area contributed by atoms with Gasteiger partial charge in [-0.25, -0.2) is 9.97 Å². The monoisotopic (exact) mass is 273 g/mol. The molecule has 5 nitrogen and oxygen atoms in total. The van der Waals surface area contributed by atoms with Gasteiger partial charge in [-0.1, -0.05) is 0 Å². The van der Waals surface area contributed by atoms with E-state index in [1.807, 2.05) is 32.2 Å². The van der Waals surface area contributed by atoms with E-state index in [1.54, 1.807) is 0 Å². The van der Waals surface area contributed by atoms with Crippen molar-refractivity contribution < 1.29 is 0 Å². The Kier molecular flexibility index (Phi) is 4.39. The van der Waals surface area contributed by atoms with E-state index in [4.69, 9.17) is 5.73 Å². The molecule has 0 aliphatic heterocycles. The van der Waals surface area contributed by atoms with Gasteiger partial charge in [-0.15, -0.1) is 0 Å². The van der Waals surface area contributed by atoms with Crippen LogP contribution in [0.3, 0.4) is 0 Å². The average Bonchev–Trinajstić information content (AvgIpc) is 2.38. The summed E-state index contributed by atoms with van der Waals surface area (Å²) in [5.41, 5.74) is 8.48. The number of aryl methyl sites for hydroxylation is 1. The van der Waals surface area contributed by atoms with Gasteiger partial charge in [0.15, 0.2) is 0 Å². The predicted octanol–water partition coefficient (Wildman–Crippen LogP) is 1.91. The van der Waals surface area contributed by atoms with Crippen molar-refractivity contribution in [1.82, 2.24) is 14.9 Å². The maximum absolute atomic E-state index is 5.81. The molecule has 0 fully saturated rings. The van der Waals surface area contributed by atoms with Crippen molar-refractivity contribution in [2.45, 2.75) is 13.3 Å². The summed E-state index contributed by atoms with van der Waals surface area (Å²) >= 11 is 0. The van der Waals surface area contributed by atoms with Crippen molar-refractivity contribution in [2.24, 2.45) is 0 Å². The van der Waals surface area contributed by atoms with Crippen LogP contribution in [0, 0.1) is 6.92 Å². The lowest BCUT2D eigenvalue weighted by atomic mass is 10.2. The SMILES string of the molecule is Cc1nc(N(C)CCCN(C)C)nc2ccc(N)cc12. The Morgan fingerprint density at radius 3 is 2.55 bits per heavy atom. The van der Waals surface area contributed by atoms with E-state index < -0.39 is 0 Å². The van der Waals surface area contributed by atoms with Gasteiger partial charge in [-0.3, -0.25) is 0 Å². The van der Waals surface area contributed by atoms with Crippen LogP contribution in [0.15, 0.2) is 18.2 Å². The first-order chi connectivity index (χ1) is 9.47. The first kappa shape index (κ1) is 14.5. The molecule has 0 atom stereocenters. The van der Waals surface area contributed by atoms with Crippen LogP contribution in [-0.2, 0) is 0 Å². The van der Waals surface area contributed by atoms with Gasteiger partial charge in [-0.05, 0) is 52.2 Å². The topological polar surface area (TPSA) is 58.3 Å². The second-order valence-electron chi connectivity index (χ2n) is 5.46. The smallest absolute Gasteiger partial charge is 0.225 e. The molecule has 5 heteroatoms. The van der Waals surface area contributed by atoms with Crippen LogP contribution in [-0.4, -0.2) is 49.1 Å². The van der Waals surface area contributed by atoms with Gasteiger partial charge < -0.3 is 15.5 Å². The molecule has 2 rings (SSSR count). The van der Waals surface area contributed by atoms with Crippen molar-refractivity contribution in [3.05, 3.63) is 23.9 Å². The minimum Gasteiger partial charge on any atom is -0.399 e. The summed E-state index contributed by atoms with van der Waals surface area (Å²) in [5.74, 6) is 0.776. The Hall–Kier alpha value is -1.88. The van der Waals surface area contributed by atoms with Crippen molar-refractivity contribution in [1.29, 1.82) is 0 Å². The van der Waals surface area contributed by atoms with Crippen LogP contribution in [0.25, 0.3) is 10.9 Å². The molecule has 0 aliphatic carbocycles. The minimum atomic E-state index is 0.747. The average molecular weight is 273 g/mol. The maximum Gasteiger partial charge on any atom is 0.225 e. The summed E-state index contributed by atoms with van der Waals surface area (Å²) in [6.45, 7) is 4.01. The molecule has 0 aliphatic rings. The molecule has 0 saturated heterocycles. The second-order valence-corrected chi connectivity index (χ2v) is 5.46. The van der Waals surface area contributed by atoms with E-state index in [0.717, 1.165) is 47.7 Å². The van der Waals surface area contributed by atoms with Crippen molar-refractivity contribution in [2.75, 3.05) is 44.9 Å². The van der Waals surface area contributed by atoms with Crippen LogP contribution < -0.4 is 10.6 Å². The fourth-order valence-corrected chi connectivity index (χ4v) is 2.18. The summed E-state index contributed by atoms with van der Waals surface area (Å²) in [6, 6.07) is 5.77. The van der Waals surface area contributed by atoms with Crippen molar-refractivity contribution in [3.8, 4) is 0 Å². The Morgan fingerprint density at radius 2 is 1.85 bits per heavy atom. The molecular weight excluding hydrogens is 250 g/mol. The highest BCUT2D eigenvalue weighted by atomic mass is 15.2. The molecular formula is C15H23N5. The number of aromatic nitrogens is 2. The number of hydrogen-bond donors (Lipinski definition) is 1. The van der Waals surface area contributed by atoms with Gasteiger partial charge in [0.1, 0.15) is 0 Å². The van der Waals surface area contributed by atoms with E-state index in [2.05, 4.69) is 33.9 Å². The van der Waals surface area contributed by atoms with Crippen LogP contribution in [0.2, 0.25) is 0 Å². The van der Waals surface area contributed by atoms with E-state index >= 15 is 0 Å². The number of nitrogens with two attached hydrogens (primary N) is 1. The van der Waals surface area contributed by atoms with Crippen LogP contribution in [0.4, 0.5) is 11.6 Å². The molecule has 108 valence electrons. The number of nitrogens with zero attached hydrogens (tertiary/aromatic N) is 4. The Bertz CT molecular complexity index is 594. The second kappa shape index (κ2) is 6.05. The molecule has 0 spiro atoms. The third-order valence-electron chi connectivity index (χ3n) is 3.34. The number of benzene rings is 1. The zero-order valence-corrected chi connectivity index (χ0v) is 12.7. The lowest BCUT2D eigenvalue weighted by Gasteiger charge is -2.19. The van der Waals surface area contributed by atoms with E-state index in [9.17, 15) is 0 Å². The number of rotatable bonds is 5. The molecule has 0 saturated carbocycles. The van der Waals surface area contributed by atoms with E-state index in [0.29, 0.717) is 0 Å². The molecule has 2 aromatic rings. The van der Waals surface area contributed by atoms with Crippen LogP contribution in [0.1, 0.15) is 12.1 Å². The Labute approximate surface area is 120 Å². The molecule has 0 unspecified atom stereocenters. The Morgan fingerprint density at radius 1 is 1.10 bits per heavy atom. The molecule has 1 heterocycles. The summed E-state index contributed by atoms with van der Waals surface area (Å²) in [7, 11) is 6.20. The van der Waals surface area contributed by atoms with E-state index in [-0.39, 0.29) is 0 Å². The highest BCUT2D eigenvalue weighted by Crippen LogP contribution is 2.21. The maximum atomic E-state index is 5.81. The molecule has 0 bridgehead atoms. The quantitative estimate of drug-likeness (QED) is 0.843. The molecule has 0 radical (unpaired) electrons. The van der Waals surface area contributed by atoms with Gasteiger partial charge in [0.25, 0.3) is 0 Å². The van der Waals surface area contributed by atoms with Gasteiger partial charge in [0.2, 0.25) is 5.95 Å². The molecule has 1 aromatic carbocycles. The highest BCUT2D eigenvalue weighted by Gasteiger charge is 2.09. The fourth-order valence-electron chi connectivity index (χ4n) is 2.18. The molecule has 20 heavy (non-hydrogen) atoms. The minimum absolute atomic E-state index is 0.747. The van der Waals surface area contributed by atoms with Gasteiger partial charge in [0, 0.05) is 24.7 Å². The fraction of sp³-hybridized carbons (Fsp3) is 0.467. The molecule has 1 aromatic heterocycles. The first-order valence-corrected chi connectivity index (χ1v) is 6.87. The van der Waals surface area contributed by atoms with Crippen molar-refractivity contribution in [3.63, 3.8) is 0 Å². The summed E-state index contributed by atoms with van der Waals surface area (Å²) in [5, 5.41) is 1.02. The van der Waals surface area contributed by atoms with Gasteiger partial charge in [0.05, 0.1) is 11.2 Å². The third kappa shape index (κ3) is 3.36. The van der Waals surface area contributed by atoms with Gasteiger partial charge >= 0.3 is 0 Å². The molecule has 2 N–H and O–H groups in total. The lowest BCUT2D eigenvalue weighted by Crippen LogP contribution is -2.25. The summed E-state index contributed by atoms with van der Waals surface area (Å²) < 4.78 is 0. The highest BCUT2D eigenvalue weighted by molar-refractivity contribution is 5.84. The first-order valence-electron chi connectivity index (χ1n) is 6.87. The van der Waals surface area contributed by atoms with E-state index in [1.165, 1.54) is 0 Å². The lowest BCUT2D eigenvalue weighted by molar-refractivity contribution is 0.401. The largest absolute Gasteiger partial charge is 0.399 e. The van der Waals surface area contributed by atoms with Crippen LogP contribution >= 0.6 is 0 Å². The van der Waals surface area contributed by atoms with Crippen LogP contribution in [0.5, 0.6) is 0 Å². The number of anilines is 2. The summed E-state index contributed by atoms with van der Waals surface area (Å²) in [6.07, 6.45) is 1.09.